The first kappa shape index (κ1) is 21.4. The number of anilines is 2. The highest BCUT2D eigenvalue weighted by atomic mass is 32.2. The van der Waals surface area contributed by atoms with E-state index in [0.717, 1.165) is 44.4 Å². The van der Waals surface area contributed by atoms with Gasteiger partial charge >= 0.3 is 0 Å². The minimum atomic E-state index is -3.98. The average molecular weight is 441 g/mol. The molecule has 158 valence electrons. The van der Waals surface area contributed by atoms with E-state index >= 15 is 0 Å². The van der Waals surface area contributed by atoms with Crippen LogP contribution in [0.1, 0.15) is 0 Å². The third-order valence-corrected chi connectivity index (χ3v) is 6.68. The molecule has 0 amide bonds. The second-order valence-corrected chi connectivity index (χ2v) is 10.3. The van der Waals surface area contributed by atoms with Gasteiger partial charge in [0.1, 0.15) is 0 Å². The number of sulfone groups is 1. The Bertz CT molecular complexity index is 1050. The van der Waals surface area contributed by atoms with Crippen molar-refractivity contribution in [1.82, 2.24) is 14.9 Å². The summed E-state index contributed by atoms with van der Waals surface area (Å²) in [7, 11) is -7.61. The van der Waals surface area contributed by atoms with E-state index in [0.29, 0.717) is 18.8 Å². The van der Waals surface area contributed by atoms with Gasteiger partial charge in [0.2, 0.25) is 16.0 Å². The summed E-state index contributed by atoms with van der Waals surface area (Å²) in [5.41, 5.74) is 0.358. The van der Waals surface area contributed by atoms with Crippen LogP contribution >= 0.6 is 0 Å². The van der Waals surface area contributed by atoms with Gasteiger partial charge in [0, 0.05) is 57.9 Å². The van der Waals surface area contributed by atoms with Gasteiger partial charge in [-0.1, -0.05) is 0 Å². The molecule has 0 aliphatic carbocycles. The van der Waals surface area contributed by atoms with E-state index in [4.69, 9.17) is 5.14 Å². The van der Waals surface area contributed by atoms with Gasteiger partial charge in [-0.2, -0.15) is 0 Å². The number of nitrogens with zero attached hydrogens (tertiary/aromatic N) is 4. The minimum Gasteiger partial charge on any atom is -0.383 e. The molecule has 0 saturated carbocycles. The van der Waals surface area contributed by atoms with Crippen LogP contribution in [0.5, 0.6) is 0 Å². The van der Waals surface area contributed by atoms with Crippen LogP contribution < -0.4 is 15.4 Å². The summed E-state index contributed by atoms with van der Waals surface area (Å²) in [5.74, 6) is 0.720. The molecule has 1 saturated heterocycles. The zero-order valence-corrected chi connectivity index (χ0v) is 17.7. The van der Waals surface area contributed by atoms with Gasteiger partial charge in [-0.05, 0) is 24.3 Å². The number of nitrogens with two attached hydrogens (primary N) is 1. The van der Waals surface area contributed by atoms with Crippen molar-refractivity contribution in [3.8, 4) is 0 Å². The Morgan fingerprint density at radius 2 is 1.72 bits per heavy atom. The lowest BCUT2D eigenvalue weighted by atomic mass is 10.3. The van der Waals surface area contributed by atoms with Crippen molar-refractivity contribution in [3.63, 3.8) is 0 Å². The molecule has 1 aromatic carbocycles. The quantitative estimate of drug-likeness (QED) is 0.597. The van der Waals surface area contributed by atoms with Crippen LogP contribution in [0.2, 0.25) is 0 Å². The Labute approximate surface area is 170 Å². The second kappa shape index (κ2) is 8.61. The molecule has 1 aliphatic rings. The molecule has 2 heterocycles. The maximum absolute atomic E-state index is 12.1. The second-order valence-electron chi connectivity index (χ2n) is 6.78. The number of hydrogen-bond acceptors (Lipinski definition) is 9. The molecule has 2 aromatic rings. The van der Waals surface area contributed by atoms with E-state index in [9.17, 15) is 16.8 Å². The fourth-order valence-electron chi connectivity index (χ4n) is 3.11. The third-order valence-electron chi connectivity index (χ3n) is 4.63. The van der Waals surface area contributed by atoms with Crippen molar-refractivity contribution < 1.29 is 16.8 Å². The van der Waals surface area contributed by atoms with Gasteiger partial charge < -0.3 is 10.2 Å². The molecule has 0 radical (unpaired) electrons. The van der Waals surface area contributed by atoms with Crippen LogP contribution in [0.4, 0.5) is 11.6 Å². The predicted molar refractivity (Wildman–Crippen MR) is 110 cm³/mol. The van der Waals surface area contributed by atoms with E-state index in [1.807, 2.05) is 0 Å². The van der Waals surface area contributed by atoms with Crippen LogP contribution in [-0.2, 0) is 19.9 Å². The first-order valence-electron chi connectivity index (χ1n) is 9.00. The molecule has 29 heavy (non-hydrogen) atoms. The Hall–Kier alpha value is -2.28. The molecule has 0 unspecified atom stereocenters. The molecule has 1 aromatic heterocycles. The number of aromatic nitrogens is 2. The Morgan fingerprint density at radius 1 is 1.07 bits per heavy atom. The molecule has 0 bridgehead atoms. The highest BCUT2D eigenvalue weighted by Gasteiger charge is 2.20. The number of rotatable bonds is 7. The van der Waals surface area contributed by atoms with Crippen molar-refractivity contribution in [2.75, 3.05) is 55.7 Å². The maximum atomic E-state index is 12.1. The zero-order valence-electron chi connectivity index (χ0n) is 16.0. The van der Waals surface area contributed by atoms with Crippen LogP contribution in [-0.4, -0.2) is 77.2 Å². The summed E-state index contributed by atoms with van der Waals surface area (Å²) < 4.78 is 47.2. The summed E-state index contributed by atoms with van der Waals surface area (Å²) in [5, 5.41) is 8.20. The molecule has 3 N–H and O–H groups in total. The highest BCUT2D eigenvalue weighted by molar-refractivity contribution is 7.91. The number of sulfonamides is 1. The fraction of sp³-hybridized carbons (Fsp3) is 0.412. The SMILES string of the molecule is CS(=O)(=O)c1cc(S(N)(=O)=O)ccc1NCCN1CCN(c2ncccn2)CC1. The minimum absolute atomic E-state index is 0.0879. The van der Waals surface area contributed by atoms with Gasteiger partial charge in [-0.15, -0.1) is 0 Å². The van der Waals surface area contributed by atoms with Crippen molar-refractivity contribution >= 4 is 31.5 Å². The highest BCUT2D eigenvalue weighted by Crippen LogP contribution is 2.24. The largest absolute Gasteiger partial charge is 0.383 e. The Kier molecular flexibility index (Phi) is 6.36. The number of piperazine rings is 1. The maximum Gasteiger partial charge on any atom is 0.238 e. The summed E-state index contributed by atoms with van der Waals surface area (Å²) in [4.78, 5) is 12.6. The Balaban J connectivity index is 1.58. The number of nitrogens with one attached hydrogen (secondary N) is 1. The van der Waals surface area contributed by atoms with Crippen LogP contribution in [0.3, 0.4) is 0 Å². The molecule has 3 rings (SSSR count). The van der Waals surface area contributed by atoms with Gasteiger partial charge in [0.25, 0.3) is 0 Å². The lowest BCUT2D eigenvalue weighted by Crippen LogP contribution is -2.48. The fourth-order valence-corrected chi connectivity index (χ4v) is 4.60. The average Bonchev–Trinajstić information content (AvgIpc) is 2.68. The lowest BCUT2D eigenvalue weighted by Gasteiger charge is -2.34. The molecule has 1 fully saturated rings. The summed E-state index contributed by atoms with van der Waals surface area (Å²) in [6.45, 7) is 4.51. The first-order valence-corrected chi connectivity index (χ1v) is 12.4. The van der Waals surface area contributed by atoms with E-state index in [-0.39, 0.29) is 9.79 Å². The summed E-state index contributed by atoms with van der Waals surface area (Å²) >= 11 is 0. The zero-order chi connectivity index (χ0) is 21.1. The number of primary sulfonamides is 1. The van der Waals surface area contributed by atoms with E-state index in [1.54, 1.807) is 18.5 Å². The molecule has 0 atom stereocenters. The van der Waals surface area contributed by atoms with Crippen molar-refractivity contribution in [2.45, 2.75) is 9.79 Å². The normalized spacial score (nSPS) is 16.0. The van der Waals surface area contributed by atoms with E-state index < -0.39 is 19.9 Å². The predicted octanol–water partition coefficient (Wildman–Crippen LogP) is -0.238. The molecule has 12 heteroatoms. The van der Waals surface area contributed by atoms with E-state index in [2.05, 4.69) is 25.1 Å². The summed E-state index contributed by atoms with van der Waals surface area (Å²) in [6, 6.07) is 5.60. The first-order chi connectivity index (χ1) is 13.6. The van der Waals surface area contributed by atoms with E-state index in [1.165, 1.54) is 12.1 Å². The number of benzene rings is 1. The third kappa shape index (κ3) is 5.63. The molecule has 0 spiro atoms. The van der Waals surface area contributed by atoms with Gasteiger partial charge in [0.05, 0.1) is 15.5 Å². The molecule has 1 aliphatic heterocycles. The summed E-state index contributed by atoms with van der Waals surface area (Å²) in [6.07, 6.45) is 4.48. The smallest absolute Gasteiger partial charge is 0.238 e. The van der Waals surface area contributed by atoms with Gasteiger partial charge in [0.15, 0.2) is 9.84 Å². The van der Waals surface area contributed by atoms with Crippen LogP contribution in [0.25, 0.3) is 0 Å². The lowest BCUT2D eigenvalue weighted by molar-refractivity contribution is 0.266. The van der Waals surface area contributed by atoms with Crippen molar-refractivity contribution in [2.24, 2.45) is 5.14 Å². The standard InChI is InChI=1S/C17H24N6O4S2/c1-28(24,25)16-13-14(29(18,26)27)3-4-15(16)19-7-8-22-9-11-23(12-10-22)17-20-5-2-6-21-17/h2-6,13,19H,7-12H2,1H3,(H2,18,26,27). The number of hydrogen-bond donors (Lipinski definition) is 2. The van der Waals surface area contributed by atoms with Crippen LogP contribution in [0.15, 0.2) is 46.5 Å². The van der Waals surface area contributed by atoms with Crippen LogP contribution in [0, 0.1) is 0 Å². The van der Waals surface area contributed by atoms with Gasteiger partial charge in [-0.25, -0.2) is 31.9 Å². The monoisotopic (exact) mass is 440 g/mol. The Morgan fingerprint density at radius 3 is 2.31 bits per heavy atom. The molecule has 10 nitrogen and oxygen atoms in total. The molecular weight excluding hydrogens is 416 g/mol. The van der Waals surface area contributed by atoms with Crippen molar-refractivity contribution in [1.29, 1.82) is 0 Å². The molecular formula is C17H24N6O4S2. The van der Waals surface area contributed by atoms with Crippen molar-refractivity contribution in [3.05, 3.63) is 36.7 Å². The topological polar surface area (TPSA) is 139 Å². The van der Waals surface area contributed by atoms with Gasteiger partial charge in [-0.3, -0.25) is 4.90 Å².